The smallest absolute Gasteiger partial charge is 0.223 e. The van der Waals surface area contributed by atoms with E-state index in [1.165, 1.54) is 0 Å². The van der Waals surface area contributed by atoms with Crippen LogP contribution < -0.4 is 0 Å². The van der Waals surface area contributed by atoms with E-state index >= 15 is 0 Å². The van der Waals surface area contributed by atoms with Gasteiger partial charge < -0.3 is 4.90 Å². The second kappa shape index (κ2) is 9.84. The van der Waals surface area contributed by atoms with Crippen molar-refractivity contribution in [2.45, 2.75) is 26.2 Å². The third kappa shape index (κ3) is 6.71. The molecule has 0 unspecified atom stereocenters. The van der Waals surface area contributed by atoms with Crippen LogP contribution in [0.15, 0.2) is 0 Å². The summed E-state index contributed by atoms with van der Waals surface area (Å²) in [6.07, 6.45) is 4.97. The Balaban J connectivity index is 3.84. The second-order valence-corrected chi connectivity index (χ2v) is 4.94. The van der Waals surface area contributed by atoms with E-state index in [-0.39, 0.29) is 0 Å². The Morgan fingerprint density at radius 3 is 2.64 bits per heavy atom. The van der Waals surface area contributed by atoms with Gasteiger partial charge in [0.1, 0.15) is 0 Å². The third-order valence-electron chi connectivity index (χ3n) is 2.01. The highest BCUT2D eigenvalue weighted by Gasteiger charge is 2.10. The van der Waals surface area contributed by atoms with Crippen LogP contribution in [0, 0.1) is 0 Å². The molecule has 0 aliphatic carbocycles. The summed E-state index contributed by atoms with van der Waals surface area (Å²) < 4.78 is 0. The first-order valence-electron chi connectivity index (χ1n) is 5.09. The Kier molecular flexibility index (Phi) is 10.1. The summed E-state index contributed by atoms with van der Waals surface area (Å²) in [6, 6.07) is 0. The minimum Gasteiger partial charge on any atom is -0.342 e. The van der Waals surface area contributed by atoms with Crippen LogP contribution in [0.25, 0.3) is 0 Å². The van der Waals surface area contributed by atoms with Gasteiger partial charge in [0.25, 0.3) is 0 Å². The normalized spacial score (nSPS) is 10.2. The highest BCUT2D eigenvalue weighted by Crippen LogP contribution is 2.03. The van der Waals surface area contributed by atoms with Crippen molar-refractivity contribution in [1.82, 2.24) is 4.90 Å². The number of halogens is 1. The summed E-state index contributed by atoms with van der Waals surface area (Å²) >= 11 is 5.11. The largest absolute Gasteiger partial charge is 0.342 e. The Labute approximate surface area is 99.9 Å². The predicted molar refractivity (Wildman–Crippen MR) is 68.3 cm³/mol. The maximum absolute atomic E-state index is 11.7. The van der Waals surface area contributed by atoms with E-state index in [1.807, 2.05) is 11.2 Å². The molecule has 0 spiro atoms. The van der Waals surface area contributed by atoms with Gasteiger partial charge in [-0.1, -0.05) is 29.3 Å². The Hall–Kier alpha value is 0.300. The van der Waals surface area contributed by atoms with Gasteiger partial charge in [0.15, 0.2) is 0 Å². The molecule has 0 bridgehead atoms. The summed E-state index contributed by atoms with van der Waals surface area (Å²) in [5, 5.41) is 0.877. The van der Waals surface area contributed by atoms with E-state index in [9.17, 15) is 4.79 Å². The van der Waals surface area contributed by atoms with Gasteiger partial charge >= 0.3 is 0 Å². The summed E-state index contributed by atoms with van der Waals surface area (Å²) in [5.74, 6) is 1.23. The molecule has 0 N–H and O–H groups in total. The van der Waals surface area contributed by atoms with Gasteiger partial charge in [-0.2, -0.15) is 11.8 Å². The summed E-state index contributed by atoms with van der Waals surface area (Å²) in [6.45, 7) is 3.90. The average Bonchev–Trinajstić information content (AvgIpc) is 2.20. The Bertz CT molecular complexity index is 155. The number of carbonyl (C=O) groups is 1. The van der Waals surface area contributed by atoms with Crippen LogP contribution in [0.3, 0.4) is 0 Å². The van der Waals surface area contributed by atoms with Crippen molar-refractivity contribution in [3.05, 3.63) is 0 Å². The zero-order valence-electron chi connectivity index (χ0n) is 9.09. The summed E-state index contributed by atoms with van der Waals surface area (Å²) in [4.78, 5) is 13.7. The first-order chi connectivity index (χ1) is 6.76. The zero-order valence-corrected chi connectivity index (χ0v) is 11.5. The van der Waals surface area contributed by atoms with Gasteiger partial charge in [0, 0.05) is 30.6 Å². The molecule has 0 aromatic heterocycles. The van der Waals surface area contributed by atoms with Crippen LogP contribution in [-0.2, 0) is 4.79 Å². The van der Waals surface area contributed by atoms with E-state index < -0.39 is 0 Å². The number of nitrogens with zero attached hydrogens (tertiary/aromatic N) is 1. The topological polar surface area (TPSA) is 20.3 Å². The molecule has 0 radical (unpaired) electrons. The molecule has 0 aliphatic rings. The molecular weight excluding hydrogens is 262 g/mol. The molecule has 0 saturated heterocycles. The summed E-state index contributed by atoms with van der Waals surface area (Å²) in [7, 11) is 0. The molecule has 0 rings (SSSR count). The van der Waals surface area contributed by atoms with Crippen LogP contribution in [0.4, 0.5) is 0 Å². The lowest BCUT2D eigenvalue weighted by Gasteiger charge is -2.21. The van der Waals surface area contributed by atoms with Gasteiger partial charge in [-0.05, 0) is 12.7 Å². The molecule has 0 heterocycles. The maximum atomic E-state index is 11.7. The zero-order chi connectivity index (χ0) is 10.8. The SMILES string of the molecule is CCCCN(CCBr)C(=O)CCSC. The predicted octanol–water partition coefficient (Wildman–Crippen LogP) is 2.76. The molecule has 0 atom stereocenters. The monoisotopic (exact) mass is 281 g/mol. The molecule has 14 heavy (non-hydrogen) atoms. The molecule has 84 valence electrons. The van der Waals surface area contributed by atoms with E-state index in [1.54, 1.807) is 11.8 Å². The second-order valence-electron chi connectivity index (χ2n) is 3.17. The number of hydrogen-bond acceptors (Lipinski definition) is 2. The number of alkyl halides is 1. The first-order valence-corrected chi connectivity index (χ1v) is 7.60. The van der Waals surface area contributed by atoms with Crippen molar-refractivity contribution in [2.75, 3.05) is 30.4 Å². The van der Waals surface area contributed by atoms with Crippen molar-refractivity contribution >= 4 is 33.6 Å². The standard InChI is InChI=1S/C10H20BrNOS/c1-3-4-7-12(8-6-11)10(13)5-9-14-2/h3-9H2,1-2H3. The van der Waals surface area contributed by atoms with Crippen LogP contribution >= 0.6 is 27.7 Å². The van der Waals surface area contributed by atoms with E-state index in [0.717, 1.165) is 37.0 Å². The molecule has 4 heteroatoms. The number of rotatable bonds is 8. The number of hydrogen-bond donors (Lipinski definition) is 0. The molecule has 0 aromatic carbocycles. The van der Waals surface area contributed by atoms with Crippen molar-refractivity contribution in [1.29, 1.82) is 0 Å². The molecule has 0 saturated carbocycles. The van der Waals surface area contributed by atoms with Gasteiger partial charge in [0.05, 0.1) is 0 Å². The van der Waals surface area contributed by atoms with Crippen molar-refractivity contribution in [2.24, 2.45) is 0 Å². The maximum Gasteiger partial charge on any atom is 0.223 e. The van der Waals surface area contributed by atoms with E-state index in [4.69, 9.17) is 0 Å². The minimum atomic E-state index is 0.298. The Morgan fingerprint density at radius 2 is 2.14 bits per heavy atom. The van der Waals surface area contributed by atoms with Gasteiger partial charge in [-0.15, -0.1) is 0 Å². The lowest BCUT2D eigenvalue weighted by Crippen LogP contribution is -2.33. The van der Waals surface area contributed by atoms with Crippen LogP contribution in [0.1, 0.15) is 26.2 Å². The number of carbonyl (C=O) groups excluding carboxylic acids is 1. The van der Waals surface area contributed by atoms with Gasteiger partial charge in [0.2, 0.25) is 5.91 Å². The van der Waals surface area contributed by atoms with Crippen molar-refractivity contribution in [3.63, 3.8) is 0 Å². The lowest BCUT2D eigenvalue weighted by molar-refractivity contribution is -0.130. The number of unbranched alkanes of at least 4 members (excludes halogenated alkanes) is 1. The average molecular weight is 282 g/mol. The minimum absolute atomic E-state index is 0.298. The fourth-order valence-electron chi connectivity index (χ4n) is 1.16. The fourth-order valence-corrected chi connectivity index (χ4v) is 1.97. The molecule has 2 nitrogen and oxygen atoms in total. The van der Waals surface area contributed by atoms with E-state index in [0.29, 0.717) is 12.3 Å². The number of thioether (sulfide) groups is 1. The lowest BCUT2D eigenvalue weighted by atomic mass is 10.3. The third-order valence-corrected chi connectivity index (χ3v) is 2.98. The van der Waals surface area contributed by atoms with Crippen LogP contribution in [0.2, 0.25) is 0 Å². The van der Waals surface area contributed by atoms with Gasteiger partial charge in [-0.25, -0.2) is 0 Å². The quantitative estimate of drug-likeness (QED) is 0.638. The van der Waals surface area contributed by atoms with Crippen LogP contribution in [-0.4, -0.2) is 41.2 Å². The highest BCUT2D eigenvalue weighted by atomic mass is 79.9. The molecule has 1 amide bonds. The molecule has 0 aliphatic heterocycles. The number of amides is 1. The van der Waals surface area contributed by atoms with Crippen LogP contribution in [0.5, 0.6) is 0 Å². The van der Waals surface area contributed by atoms with Crippen molar-refractivity contribution < 1.29 is 4.79 Å². The summed E-state index contributed by atoms with van der Waals surface area (Å²) in [5.41, 5.74) is 0. The first kappa shape index (κ1) is 14.3. The Morgan fingerprint density at radius 1 is 1.43 bits per heavy atom. The fraction of sp³-hybridized carbons (Fsp3) is 0.900. The highest BCUT2D eigenvalue weighted by molar-refractivity contribution is 9.09. The van der Waals surface area contributed by atoms with Crippen molar-refractivity contribution in [3.8, 4) is 0 Å². The van der Waals surface area contributed by atoms with E-state index in [2.05, 4.69) is 22.9 Å². The van der Waals surface area contributed by atoms with Gasteiger partial charge in [-0.3, -0.25) is 4.79 Å². The molecule has 0 fully saturated rings. The molecular formula is C10H20BrNOS. The molecule has 0 aromatic rings.